The van der Waals surface area contributed by atoms with E-state index in [-0.39, 0.29) is 0 Å². The summed E-state index contributed by atoms with van der Waals surface area (Å²) in [6.07, 6.45) is 5.25. The highest BCUT2D eigenvalue weighted by Crippen LogP contribution is 2.45. The third-order valence-corrected chi connectivity index (χ3v) is 5.77. The highest BCUT2D eigenvalue weighted by molar-refractivity contribution is 7.98. The van der Waals surface area contributed by atoms with Gasteiger partial charge in [-0.1, -0.05) is 12.1 Å². The lowest BCUT2D eigenvalue weighted by Crippen LogP contribution is -2.38. The maximum absolute atomic E-state index is 9.54. The number of pyridine rings is 1. The number of likely N-dealkylation sites (tertiary alicyclic amines) is 1. The number of hydrogen-bond acceptors (Lipinski definition) is 5. The molecule has 1 aliphatic carbocycles. The first-order valence-electron chi connectivity index (χ1n) is 9.47. The van der Waals surface area contributed by atoms with E-state index in [1.165, 1.54) is 24.4 Å². The van der Waals surface area contributed by atoms with Gasteiger partial charge in [-0.25, -0.2) is 0 Å². The number of aliphatic hydroxyl groups is 1. The highest BCUT2D eigenvalue weighted by Gasteiger charge is 2.45. The number of β-amino-alcohol motifs (C(OH)–C–C–N with tert-alkyl or cyclic N) is 1. The van der Waals surface area contributed by atoms with Gasteiger partial charge in [0.25, 0.3) is 0 Å². The zero-order valence-electron chi connectivity index (χ0n) is 16.7. The molecule has 2 aliphatic rings. The Morgan fingerprint density at radius 2 is 1.81 bits per heavy atom. The van der Waals surface area contributed by atoms with Gasteiger partial charge in [0.05, 0.1) is 24.6 Å². The van der Waals surface area contributed by atoms with E-state index in [9.17, 15) is 5.11 Å². The molecule has 2 unspecified atom stereocenters. The van der Waals surface area contributed by atoms with Gasteiger partial charge in [-0.15, -0.1) is 11.8 Å². The standard InChI is InChI=1S/C13H13NOS.C9H17NO/c1-15-11-5-8-13(14-9-11)10-3-6-12(16-2)7-4-10;1-9(2,11)6-10-4-7-3-8(7)5-10/h3-9H,1-2H3;7-8,11H,3-6H2,1-2H3. The quantitative estimate of drug-likeness (QED) is 0.781. The topological polar surface area (TPSA) is 45.6 Å². The average molecular weight is 387 g/mol. The SMILES string of the molecule is CC(C)(O)CN1CC2CC2C1.COc1ccc(-c2ccc(SC)cc2)nc1. The van der Waals surface area contributed by atoms with Gasteiger partial charge in [-0.2, -0.15) is 0 Å². The number of thioether (sulfide) groups is 1. The molecular weight excluding hydrogens is 356 g/mol. The van der Waals surface area contributed by atoms with Crippen LogP contribution in [0.1, 0.15) is 20.3 Å². The summed E-state index contributed by atoms with van der Waals surface area (Å²) in [6, 6.07) is 12.3. The van der Waals surface area contributed by atoms with Crippen molar-refractivity contribution in [3.63, 3.8) is 0 Å². The Morgan fingerprint density at radius 1 is 1.15 bits per heavy atom. The lowest BCUT2D eigenvalue weighted by molar-refractivity contribution is 0.0404. The van der Waals surface area contributed by atoms with Crippen LogP contribution in [0.3, 0.4) is 0 Å². The number of benzene rings is 1. The molecule has 2 aromatic rings. The molecule has 5 heteroatoms. The van der Waals surface area contributed by atoms with Crippen molar-refractivity contribution in [3.05, 3.63) is 42.6 Å². The van der Waals surface area contributed by atoms with Crippen LogP contribution in [0.2, 0.25) is 0 Å². The molecule has 146 valence electrons. The molecule has 27 heavy (non-hydrogen) atoms. The molecule has 1 aromatic heterocycles. The summed E-state index contributed by atoms with van der Waals surface area (Å²) >= 11 is 1.74. The van der Waals surface area contributed by atoms with Gasteiger partial charge in [0.1, 0.15) is 5.75 Å². The van der Waals surface area contributed by atoms with Crippen molar-refractivity contribution in [2.75, 3.05) is 33.0 Å². The second-order valence-corrected chi connectivity index (χ2v) is 8.95. The Hall–Kier alpha value is -1.56. The van der Waals surface area contributed by atoms with Crippen LogP contribution in [0.25, 0.3) is 11.3 Å². The normalized spacial score (nSPS) is 21.2. The fraction of sp³-hybridized carbons (Fsp3) is 0.500. The summed E-state index contributed by atoms with van der Waals surface area (Å²) in [5, 5.41) is 9.54. The summed E-state index contributed by atoms with van der Waals surface area (Å²) in [5.41, 5.74) is 1.59. The van der Waals surface area contributed by atoms with Gasteiger partial charge in [-0.3, -0.25) is 9.88 Å². The molecule has 2 atom stereocenters. The van der Waals surface area contributed by atoms with Gasteiger partial charge >= 0.3 is 0 Å². The molecule has 2 fully saturated rings. The Bertz CT molecular complexity index is 670. The number of fused-ring (bicyclic) bond motifs is 1. The molecule has 4 rings (SSSR count). The van der Waals surface area contributed by atoms with Crippen LogP contribution in [-0.2, 0) is 0 Å². The summed E-state index contributed by atoms with van der Waals surface area (Å²) in [6.45, 7) is 7.08. The van der Waals surface area contributed by atoms with E-state index >= 15 is 0 Å². The van der Waals surface area contributed by atoms with Gasteiger partial charge in [0.2, 0.25) is 0 Å². The van der Waals surface area contributed by atoms with Crippen LogP contribution in [0, 0.1) is 11.8 Å². The molecule has 1 saturated heterocycles. The van der Waals surface area contributed by atoms with Crippen LogP contribution < -0.4 is 4.74 Å². The predicted molar refractivity (Wildman–Crippen MR) is 112 cm³/mol. The number of aromatic nitrogens is 1. The van der Waals surface area contributed by atoms with Crippen molar-refractivity contribution in [1.29, 1.82) is 0 Å². The maximum atomic E-state index is 9.54. The molecule has 0 spiro atoms. The fourth-order valence-electron chi connectivity index (χ4n) is 3.61. The van der Waals surface area contributed by atoms with Crippen molar-refractivity contribution in [2.45, 2.75) is 30.8 Å². The van der Waals surface area contributed by atoms with Crippen molar-refractivity contribution < 1.29 is 9.84 Å². The molecule has 1 aromatic carbocycles. The van der Waals surface area contributed by atoms with E-state index in [0.717, 1.165) is 35.4 Å². The van der Waals surface area contributed by atoms with Crippen molar-refractivity contribution >= 4 is 11.8 Å². The third-order valence-electron chi connectivity index (χ3n) is 5.02. The number of hydrogen-bond donors (Lipinski definition) is 1. The first-order valence-corrected chi connectivity index (χ1v) is 10.7. The summed E-state index contributed by atoms with van der Waals surface area (Å²) < 4.78 is 5.08. The lowest BCUT2D eigenvalue weighted by atomic mass is 10.1. The molecule has 0 amide bonds. The molecule has 0 bridgehead atoms. The number of nitrogens with zero attached hydrogens (tertiary/aromatic N) is 2. The first kappa shape index (κ1) is 20.2. The van der Waals surface area contributed by atoms with E-state index in [1.807, 2.05) is 26.0 Å². The van der Waals surface area contributed by atoms with E-state index in [1.54, 1.807) is 25.1 Å². The third kappa shape index (κ3) is 5.96. The van der Waals surface area contributed by atoms with Gasteiger partial charge in [0.15, 0.2) is 0 Å². The Kier molecular flexibility index (Phi) is 6.45. The number of ether oxygens (including phenoxy) is 1. The zero-order valence-corrected chi connectivity index (χ0v) is 17.5. The molecule has 4 nitrogen and oxygen atoms in total. The molecule has 1 N–H and O–H groups in total. The van der Waals surface area contributed by atoms with Crippen molar-refractivity contribution in [2.24, 2.45) is 11.8 Å². The smallest absolute Gasteiger partial charge is 0.137 e. The van der Waals surface area contributed by atoms with Crippen LogP contribution >= 0.6 is 11.8 Å². The maximum Gasteiger partial charge on any atom is 0.137 e. The summed E-state index contributed by atoms with van der Waals surface area (Å²) in [5.74, 6) is 2.75. The average Bonchev–Trinajstić information content (AvgIpc) is 3.27. The van der Waals surface area contributed by atoms with Crippen molar-refractivity contribution in [1.82, 2.24) is 9.88 Å². The molecule has 2 heterocycles. The lowest BCUT2D eigenvalue weighted by Gasteiger charge is -2.25. The first-order chi connectivity index (χ1) is 12.9. The van der Waals surface area contributed by atoms with Crippen LogP contribution in [-0.4, -0.2) is 53.6 Å². The van der Waals surface area contributed by atoms with E-state index in [0.29, 0.717) is 0 Å². The second-order valence-electron chi connectivity index (χ2n) is 8.07. The van der Waals surface area contributed by atoms with Crippen LogP contribution in [0.4, 0.5) is 0 Å². The van der Waals surface area contributed by atoms with Gasteiger partial charge < -0.3 is 9.84 Å². The monoisotopic (exact) mass is 386 g/mol. The summed E-state index contributed by atoms with van der Waals surface area (Å²) in [4.78, 5) is 7.99. The Labute approximate surface area is 167 Å². The van der Waals surface area contributed by atoms with Crippen LogP contribution in [0.5, 0.6) is 5.75 Å². The Morgan fingerprint density at radius 3 is 2.30 bits per heavy atom. The van der Waals surface area contributed by atoms with Gasteiger partial charge in [-0.05, 0) is 62.6 Å². The molecule has 0 radical (unpaired) electrons. The minimum atomic E-state index is -0.503. The van der Waals surface area contributed by atoms with Crippen molar-refractivity contribution in [3.8, 4) is 17.0 Å². The molecule has 1 saturated carbocycles. The number of piperidine rings is 1. The minimum Gasteiger partial charge on any atom is -0.495 e. The van der Waals surface area contributed by atoms with E-state index < -0.39 is 5.60 Å². The minimum absolute atomic E-state index is 0.503. The molecular formula is C22H30N2O2S. The fourth-order valence-corrected chi connectivity index (χ4v) is 4.01. The summed E-state index contributed by atoms with van der Waals surface area (Å²) in [7, 11) is 1.64. The van der Waals surface area contributed by atoms with Crippen LogP contribution in [0.15, 0.2) is 47.5 Å². The predicted octanol–water partition coefficient (Wildman–Crippen LogP) is 4.19. The highest BCUT2D eigenvalue weighted by atomic mass is 32.2. The number of methoxy groups -OCH3 is 1. The number of rotatable bonds is 5. The van der Waals surface area contributed by atoms with E-state index in [4.69, 9.17) is 4.74 Å². The molecule has 1 aliphatic heterocycles. The second kappa shape index (κ2) is 8.63. The largest absolute Gasteiger partial charge is 0.495 e. The zero-order chi connectivity index (χ0) is 19.4. The van der Waals surface area contributed by atoms with E-state index in [2.05, 4.69) is 40.4 Å². The van der Waals surface area contributed by atoms with Gasteiger partial charge in [0, 0.05) is 30.1 Å². The Balaban J connectivity index is 0.000000166.